The Bertz CT molecular complexity index is 458. The monoisotopic (exact) mass is 469 g/mol. The molecule has 7 heteroatoms. The van der Waals surface area contributed by atoms with E-state index in [4.69, 9.17) is 16.3 Å². The normalized spacial score (nSPS) is 12.4. The molecule has 24 heavy (non-hydrogen) atoms. The molecule has 0 bridgehead atoms. The first-order chi connectivity index (χ1) is 11.2. The van der Waals surface area contributed by atoms with Crippen LogP contribution in [0.2, 0.25) is 5.02 Å². The number of halogens is 2. The van der Waals surface area contributed by atoms with Crippen LogP contribution in [0.3, 0.4) is 0 Å². The number of guanidine groups is 1. The molecule has 0 saturated carbocycles. The van der Waals surface area contributed by atoms with Gasteiger partial charge in [0.1, 0.15) is 0 Å². The van der Waals surface area contributed by atoms with Crippen LogP contribution in [0, 0.1) is 0 Å². The number of benzene rings is 1. The average molecular weight is 470 g/mol. The van der Waals surface area contributed by atoms with Crippen LogP contribution in [-0.4, -0.2) is 43.9 Å². The van der Waals surface area contributed by atoms with Gasteiger partial charge in [0, 0.05) is 31.3 Å². The van der Waals surface area contributed by atoms with Gasteiger partial charge in [-0.15, -0.1) is 24.0 Å². The number of aliphatic imine (C=N–C) groups is 1. The van der Waals surface area contributed by atoms with Crippen LogP contribution in [0.4, 0.5) is 0 Å². The van der Waals surface area contributed by atoms with E-state index in [0.717, 1.165) is 50.7 Å². The fourth-order valence-electron chi connectivity index (χ4n) is 1.99. The van der Waals surface area contributed by atoms with Crippen LogP contribution in [0.25, 0.3) is 0 Å². The van der Waals surface area contributed by atoms with E-state index in [9.17, 15) is 5.11 Å². The van der Waals surface area contributed by atoms with E-state index in [1.807, 2.05) is 26.0 Å². The number of nitrogens with zero attached hydrogens (tertiary/aromatic N) is 1. The van der Waals surface area contributed by atoms with E-state index in [1.54, 1.807) is 12.1 Å². The lowest BCUT2D eigenvalue weighted by molar-refractivity contribution is 0.143. The SMILES string of the molecule is CCNC(=NCC(O)c1ccc(Cl)cc1)NCCCCOCC.I. The van der Waals surface area contributed by atoms with Crippen LogP contribution in [0.5, 0.6) is 0 Å². The van der Waals surface area contributed by atoms with Crippen molar-refractivity contribution < 1.29 is 9.84 Å². The number of hydrogen-bond donors (Lipinski definition) is 3. The van der Waals surface area contributed by atoms with Crippen LogP contribution in [-0.2, 0) is 4.74 Å². The first-order valence-electron chi connectivity index (χ1n) is 8.20. The molecule has 0 radical (unpaired) electrons. The van der Waals surface area contributed by atoms with Crippen LogP contribution < -0.4 is 10.6 Å². The Morgan fingerprint density at radius 3 is 2.54 bits per heavy atom. The molecule has 138 valence electrons. The van der Waals surface area contributed by atoms with Gasteiger partial charge in [-0.05, 0) is 44.4 Å². The lowest BCUT2D eigenvalue weighted by atomic mass is 10.1. The Kier molecular flexibility index (Phi) is 14.4. The van der Waals surface area contributed by atoms with Crippen LogP contribution in [0.1, 0.15) is 38.4 Å². The third-order valence-corrected chi connectivity index (χ3v) is 3.49. The van der Waals surface area contributed by atoms with E-state index in [0.29, 0.717) is 11.6 Å². The summed E-state index contributed by atoms with van der Waals surface area (Å²) >= 11 is 5.85. The third kappa shape index (κ3) is 10.3. The minimum absolute atomic E-state index is 0. The molecule has 0 aromatic heterocycles. The van der Waals surface area contributed by atoms with Gasteiger partial charge < -0.3 is 20.5 Å². The molecular formula is C17H29ClIN3O2. The molecule has 1 aromatic rings. The van der Waals surface area contributed by atoms with E-state index in [1.165, 1.54) is 0 Å². The van der Waals surface area contributed by atoms with Crippen molar-refractivity contribution in [1.29, 1.82) is 0 Å². The molecule has 0 heterocycles. The summed E-state index contributed by atoms with van der Waals surface area (Å²) in [7, 11) is 0. The second-order valence-electron chi connectivity index (χ2n) is 5.12. The van der Waals surface area contributed by atoms with E-state index >= 15 is 0 Å². The molecule has 0 saturated heterocycles. The summed E-state index contributed by atoms with van der Waals surface area (Å²) < 4.78 is 5.31. The van der Waals surface area contributed by atoms with Gasteiger partial charge >= 0.3 is 0 Å². The highest BCUT2D eigenvalue weighted by atomic mass is 127. The van der Waals surface area contributed by atoms with Gasteiger partial charge in [0.05, 0.1) is 12.6 Å². The fraction of sp³-hybridized carbons (Fsp3) is 0.588. The Morgan fingerprint density at radius 2 is 1.92 bits per heavy atom. The average Bonchev–Trinajstić information content (AvgIpc) is 2.56. The lowest BCUT2D eigenvalue weighted by Gasteiger charge is -2.13. The molecule has 3 N–H and O–H groups in total. The summed E-state index contributed by atoms with van der Waals surface area (Å²) in [6.07, 6.45) is 1.40. The Morgan fingerprint density at radius 1 is 1.21 bits per heavy atom. The quantitative estimate of drug-likeness (QED) is 0.213. The first kappa shape index (κ1) is 23.4. The second-order valence-corrected chi connectivity index (χ2v) is 5.55. The fourth-order valence-corrected chi connectivity index (χ4v) is 2.12. The highest BCUT2D eigenvalue weighted by Crippen LogP contribution is 2.16. The summed E-state index contributed by atoms with van der Waals surface area (Å²) in [4.78, 5) is 4.43. The molecule has 0 amide bonds. The lowest BCUT2D eigenvalue weighted by Crippen LogP contribution is -2.38. The number of aliphatic hydroxyl groups excluding tert-OH is 1. The molecular weight excluding hydrogens is 441 g/mol. The predicted molar refractivity (Wildman–Crippen MR) is 112 cm³/mol. The van der Waals surface area contributed by atoms with Gasteiger partial charge in [0.25, 0.3) is 0 Å². The molecule has 0 fully saturated rings. The zero-order chi connectivity index (χ0) is 16.9. The zero-order valence-electron chi connectivity index (χ0n) is 14.4. The topological polar surface area (TPSA) is 65.9 Å². The van der Waals surface area contributed by atoms with Crippen molar-refractivity contribution in [3.63, 3.8) is 0 Å². The van der Waals surface area contributed by atoms with Gasteiger partial charge in [-0.3, -0.25) is 4.99 Å². The molecule has 0 aliphatic heterocycles. The van der Waals surface area contributed by atoms with E-state index in [2.05, 4.69) is 15.6 Å². The van der Waals surface area contributed by atoms with E-state index in [-0.39, 0.29) is 24.0 Å². The summed E-state index contributed by atoms with van der Waals surface area (Å²) in [6, 6.07) is 7.17. The van der Waals surface area contributed by atoms with Crippen LogP contribution >= 0.6 is 35.6 Å². The highest BCUT2D eigenvalue weighted by Gasteiger charge is 2.07. The third-order valence-electron chi connectivity index (χ3n) is 3.23. The number of hydrogen-bond acceptors (Lipinski definition) is 3. The molecule has 1 unspecified atom stereocenters. The smallest absolute Gasteiger partial charge is 0.191 e. The largest absolute Gasteiger partial charge is 0.386 e. The van der Waals surface area contributed by atoms with Crippen molar-refractivity contribution in [3.8, 4) is 0 Å². The molecule has 1 rings (SSSR count). The summed E-state index contributed by atoms with van der Waals surface area (Å²) in [5.74, 6) is 0.719. The number of ether oxygens (including phenoxy) is 1. The predicted octanol–water partition coefficient (Wildman–Crippen LogP) is 3.36. The summed E-state index contributed by atoms with van der Waals surface area (Å²) in [5, 5.41) is 17.3. The van der Waals surface area contributed by atoms with Gasteiger partial charge in [-0.2, -0.15) is 0 Å². The molecule has 0 aliphatic carbocycles. The summed E-state index contributed by atoms with van der Waals surface area (Å²) in [6.45, 7) is 7.48. The Hall–Kier alpha value is -0.570. The Balaban J connectivity index is 0.00000529. The van der Waals surface area contributed by atoms with Gasteiger partial charge in [0.2, 0.25) is 0 Å². The molecule has 0 aliphatic rings. The minimum Gasteiger partial charge on any atom is -0.386 e. The van der Waals surface area contributed by atoms with Gasteiger partial charge in [0.15, 0.2) is 5.96 Å². The minimum atomic E-state index is -0.638. The van der Waals surface area contributed by atoms with Gasteiger partial charge in [-0.1, -0.05) is 23.7 Å². The number of unbranched alkanes of at least 4 members (excludes halogenated alkanes) is 1. The molecule has 0 spiro atoms. The van der Waals surface area contributed by atoms with Gasteiger partial charge in [-0.25, -0.2) is 0 Å². The second kappa shape index (κ2) is 14.7. The molecule has 5 nitrogen and oxygen atoms in total. The highest BCUT2D eigenvalue weighted by molar-refractivity contribution is 14.0. The Labute approximate surface area is 167 Å². The molecule has 1 atom stereocenters. The van der Waals surface area contributed by atoms with Crippen molar-refractivity contribution >= 4 is 41.5 Å². The summed E-state index contributed by atoms with van der Waals surface area (Å²) in [5.41, 5.74) is 0.811. The van der Waals surface area contributed by atoms with Crippen molar-refractivity contribution in [2.45, 2.75) is 32.8 Å². The van der Waals surface area contributed by atoms with Crippen molar-refractivity contribution in [3.05, 3.63) is 34.9 Å². The maximum Gasteiger partial charge on any atom is 0.191 e. The van der Waals surface area contributed by atoms with Crippen molar-refractivity contribution in [1.82, 2.24) is 10.6 Å². The maximum atomic E-state index is 10.2. The zero-order valence-corrected chi connectivity index (χ0v) is 17.5. The van der Waals surface area contributed by atoms with Crippen molar-refractivity contribution in [2.75, 3.05) is 32.8 Å². The number of rotatable bonds is 10. The van der Waals surface area contributed by atoms with Crippen molar-refractivity contribution in [2.24, 2.45) is 4.99 Å². The molecule has 1 aromatic carbocycles. The van der Waals surface area contributed by atoms with E-state index < -0.39 is 6.10 Å². The first-order valence-corrected chi connectivity index (χ1v) is 8.58. The maximum absolute atomic E-state index is 10.2. The van der Waals surface area contributed by atoms with Crippen LogP contribution in [0.15, 0.2) is 29.3 Å². The number of nitrogens with one attached hydrogen (secondary N) is 2. The standard InChI is InChI=1S/C17H28ClN3O2.HI/c1-3-19-17(20-11-5-6-12-23-4-2)21-13-16(22)14-7-9-15(18)10-8-14;/h7-10,16,22H,3-6,11-13H2,1-2H3,(H2,19,20,21);1H. The number of aliphatic hydroxyl groups is 1.